The minimum absolute atomic E-state index is 0.101. The molecule has 0 unspecified atom stereocenters. The molecule has 0 saturated heterocycles. The number of hydrogen-bond donors (Lipinski definition) is 2. The fourth-order valence-electron chi connectivity index (χ4n) is 1.27. The predicted molar refractivity (Wildman–Crippen MR) is 64.2 cm³/mol. The van der Waals surface area contributed by atoms with Crippen LogP contribution in [0.4, 0.5) is 0 Å². The number of nitrogens with zero attached hydrogens (tertiary/aromatic N) is 1. The summed E-state index contributed by atoms with van der Waals surface area (Å²) in [6, 6.07) is 0. The SMILES string of the molecule is Cc1cnoc1C(=O)NC(C)(C)C(C)(C)C(=O)O. The second-order valence-corrected chi connectivity index (χ2v) is 5.35. The molecular formula is C12H18N2O4. The molecule has 6 heteroatoms. The highest BCUT2D eigenvalue weighted by Gasteiger charge is 2.45. The van der Waals surface area contributed by atoms with Crippen LogP contribution < -0.4 is 5.32 Å². The summed E-state index contributed by atoms with van der Waals surface area (Å²) in [4.78, 5) is 23.2. The molecule has 1 heterocycles. The van der Waals surface area contributed by atoms with Gasteiger partial charge in [-0.1, -0.05) is 5.16 Å². The van der Waals surface area contributed by atoms with Gasteiger partial charge < -0.3 is 14.9 Å². The summed E-state index contributed by atoms with van der Waals surface area (Å²) in [7, 11) is 0. The Balaban J connectivity index is 2.94. The lowest BCUT2D eigenvalue weighted by molar-refractivity contribution is -0.150. The molecule has 0 bridgehead atoms. The average Bonchev–Trinajstić information content (AvgIpc) is 2.63. The minimum atomic E-state index is -1.11. The highest BCUT2D eigenvalue weighted by Crippen LogP contribution is 2.31. The van der Waals surface area contributed by atoms with Crippen LogP contribution in [0.25, 0.3) is 0 Å². The van der Waals surface area contributed by atoms with Gasteiger partial charge in [0.1, 0.15) is 0 Å². The number of amides is 1. The number of carboxylic acids is 1. The van der Waals surface area contributed by atoms with Gasteiger partial charge in [-0.05, 0) is 34.6 Å². The monoisotopic (exact) mass is 254 g/mol. The summed E-state index contributed by atoms with van der Waals surface area (Å²) in [5, 5.41) is 15.4. The van der Waals surface area contributed by atoms with Crippen LogP contribution in [0.3, 0.4) is 0 Å². The summed E-state index contributed by atoms with van der Waals surface area (Å²) in [5.41, 5.74) is -1.44. The maximum atomic E-state index is 12.0. The molecule has 0 fully saturated rings. The molecule has 1 aromatic heterocycles. The first-order valence-corrected chi connectivity index (χ1v) is 5.57. The number of carbonyl (C=O) groups is 2. The molecule has 0 aliphatic rings. The maximum absolute atomic E-state index is 12.0. The van der Waals surface area contributed by atoms with E-state index < -0.39 is 22.8 Å². The van der Waals surface area contributed by atoms with Crippen molar-refractivity contribution in [1.29, 1.82) is 0 Å². The van der Waals surface area contributed by atoms with Crippen molar-refractivity contribution in [2.45, 2.75) is 40.2 Å². The third kappa shape index (κ3) is 2.37. The Morgan fingerprint density at radius 3 is 2.28 bits per heavy atom. The lowest BCUT2D eigenvalue weighted by atomic mass is 9.74. The minimum Gasteiger partial charge on any atom is -0.481 e. The van der Waals surface area contributed by atoms with Gasteiger partial charge in [0, 0.05) is 5.56 Å². The van der Waals surface area contributed by atoms with Crippen LogP contribution >= 0.6 is 0 Å². The third-order valence-corrected chi connectivity index (χ3v) is 3.48. The zero-order valence-electron chi connectivity index (χ0n) is 11.2. The van der Waals surface area contributed by atoms with Gasteiger partial charge in [0.2, 0.25) is 5.76 Å². The standard InChI is InChI=1S/C12H18N2O4/c1-7-6-13-18-8(7)9(15)14-12(4,5)11(2,3)10(16)17/h6H,1-5H3,(H,14,15)(H,16,17). The number of rotatable bonds is 4. The lowest BCUT2D eigenvalue weighted by Gasteiger charge is -2.38. The van der Waals surface area contributed by atoms with Gasteiger partial charge in [0.05, 0.1) is 17.2 Å². The fraction of sp³-hybridized carbons (Fsp3) is 0.583. The summed E-state index contributed by atoms with van der Waals surface area (Å²) in [6.45, 7) is 8.13. The first-order valence-electron chi connectivity index (χ1n) is 5.57. The highest BCUT2D eigenvalue weighted by atomic mass is 16.5. The number of aliphatic carboxylic acids is 1. The molecule has 6 nitrogen and oxygen atoms in total. The average molecular weight is 254 g/mol. The molecule has 0 radical (unpaired) electrons. The summed E-state index contributed by atoms with van der Waals surface area (Å²) >= 11 is 0. The maximum Gasteiger partial charge on any atom is 0.311 e. The predicted octanol–water partition coefficient (Wildman–Crippen LogP) is 1.60. The van der Waals surface area contributed by atoms with E-state index >= 15 is 0 Å². The van der Waals surface area contributed by atoms with Crippen LogP contribution in [0.5, 0.6) is 0 Å². The molecule has 0 spiro atoms. The number of carbonyl (C=O) groups excluding carboxylic acids is 1. The Bertz CT molecular complexity index is 474. The van der Waals surface area contributed by atoms with Gasteiger partial charge in [0.15, 0.2) is 0 Å². The van der Waals surface area contributed by atoms with Gasteiger partial charge in [-0.2, -0.15) is 0 Å². The first kappa shape index (κ1) is 14.2. The molecule has 1 aromatic rings. The topological polar surface area (TPSA) is 92.4 Å². The second-order valence-electron chi connectivity index (χ2n) is 5.35. The van der Waals surface area contributed by atoms with Gasteiger partial charge in [-0.15, -0.1) is 0 Å². The van der Waals surface area contributed by atoms with Gasteiger partial charge in [0.25, 0.3) is 5.91 Å². The zero-order valence-corrected chi connectivity index (χ0v) is 11.2. The number of aryl methyl sites for hydroxylation is 1. The summed E-state index contributed by atoms with van der Waals surface area (Å²) in [5.74, 6) is -1.35. The van der Waals surface area contributed by atoms with E-state index in [-0.39, 0.29) is 5.76 Å². The van der Waals surface area contributed by atoms with Gasteiger partial charge in [-0.25, -0.2) is 0 Å². The van der Waals surface area contributed by atoms with Crippen LogP contribution in [-0.2, 0) is 4.79 Å². The summed E-state index contributed by atoms with van der Waals surface area (Å²) in [6.07, 6.45) is 1.43. The van der Waals surface area contributed by atoms with Gasteiger partial charge >= 0.3 is 5.97 Å². The lowest BCUT2D eigenvalue weighted by Crippen LogP contribution is -2.57. The first-order chi connectivity index (χ1) is 8.09. The van der Waals surface area contributed by atoms with Crippen molar-refractivity contribution in [3.8, 4) is 0 Å². The molecule has 1 amide bonds. The molecule has 1 rings (SSSR count). The van der Waals surface area contributed by atoms with Crippen molar-refractivity contribution in [2.75, 3.05) is 0 Å². The van der Waals surface area contributed by atoms with E-state index in [1.807, 2.05) is 0 Å². The van der Waals surface area contributed by atoms with Crippen LogP contribution in [-0.4, -0.2) is 27.7 Å². The second kappa shape index (κ2) is 4.44. The smallest absolute Gasteiger partial charge is 0.311 e. The molecule has 0 aliphatic heterocycles. The summed E-state index contributed by atoms with van der Waals surface area (Å²) < 4.78 is 4.84. The Hall–Kier alpha value is -1.85. The van der Waals surface area contributed by atoms with Crippen LogP contribution in [0, 0.1) is 12.3 Å². The third-order valence-electron chi connectivity index (χ3n) is 3.48. The van der Waals surface area contributed by atoms with Crippen LogP contribution in [0.1, 0.15) is 43.8 Å². The number of carboxylic acid groups (broad SMARTS) is 1. The molecule has 100 valence electrons. The van der Waals surface area contributed by atoms with Crippen molar-refractivity contribution >= 4 is 11.9 Å². The van der Waals surface area contributed by atoms with Crippen molar-refractivity contribution < 1.29 is 19.2 Å². The van der Waals surface area contributed by atoms with E-state index in [0.717, 1.165) is 0 Å². The Labute approximate surface area is 105 Å². The van der Waals surface area contributed by atoms with E-state index in [0.29, 0.717) is 5.56 Å². The van der Waals surface area contributed by atoms with Crippen LogP contribution in [0.2, 0.25) is 0 Å². The molecular weight excluding hydrogens is 236 g/mol. The quantitative estimate of drug-likeness (QED) is 0.851. The molecule has 18 heavy (non-hydrogen) atoms. The number of aromatic nitrogens is 1. The largest absolute Gasteiger partial charge is 0.481 e. The van der Waals surface area contributed by atoms with E-state index in [2.05, 4.69) is 10.5 Å². The van der Waals surface area contributed by atoms with Crippen molar-refractivity contribution in [2.24, 2.45) is 5.41 Å². The highest BCUT2D eigenvalue weighted by molar-refractivity contribution is 5.93. The molecule has 0 aromatic carbocycles. The van der Waals surface area contributed by atoms with E-state index in [1.165, 1.54) is 6.20 Å². The van der Waals surface area contributed by atoms with Crippen molar-refractivity contribution in [3.63, 3.8) is 0 Å². The molecule has 0 atom stereocenters. The fourth-order valence-corrected chi connectivity index (χ4v) is 1.27. The van der Waals surface area contributed by atoms with Crippen molar-refractivity contribution in [1.82, 2.24) is 10.5 Å². The molecule has 0 aliphatic carbocycles. The van der Waals surface area contributed by atoms with E-state index in [9.17, 15) is 14.7 Å². The van der Waals surface area contributed by atoms with Crippen molar-refractivity contribution in [3.05, 3.63) is 17.5 Å². The number of hydrogen-bond acceptors (Lipinski definition) is 4. The molecule has 2 N–H and O–H groups in total. The molecule has 0 saturated carbocycles. The Morgan fingerprint density at radius 2 is 1.89 bits per heavy atom. The Kier molecular flexibility index (Phi) is 3.50. The normalized spacial score (nSPS) is 12.3. The number of nitrogens with one attached hydrogen (secondary N) is 1. The Morgan fingerprint density at radius 1 is 1.33 bits per heavy atom. The van der Waals surface area contributed by atoms with E-state index in [1.54, 1.807) is 34.6 Å². The van der Waals surface area contributed by atoms with E-state index in [4.69, 9.17) is 4.52 Å². The van der Waals surface area contributed by atoms with Crippen LogP contribution in [0.15, 0.2) is 10.7 Å². The zero-order chi connectivity index (χ0) is 14.1. The van der Waals surface area contributed by atoms with Gasteiger partial charge in [-0.3, -0.25) is 9.59 Å².